The van der Waals surface area contributed by atoms with Crippen LogP contribution in [0, 0.1) is 11.8 Å². The lowest BCUT2D eigenvalue weighted by molar-refractivity contribution is -0.136. The van der Waals surface area contributed by atoms with Crippen molar-refractivity contribution in [2.45, 2.75) is 25.3 Å². The minimum absolute atomic E-state index is 0.0575. The highest BCUT2D eigenvalue weighted by Gasteiger charge is 2.32. The van der Waals surface area contributed by atoms with Crippen LogP contribution in [-0.4, -0.2) is 79.1 Å². The predicted octanol–water partition coefficient (Wildman–Crippen LogP) is 1.31. The van der Waals surface area contributed by atoms with Gasteiger partial charge in [0.1, 0.15) is 6.61 Å². The van der Waals surface area contributed by atoms with Crippen LogP contribution in [0.1, 0.15) is 30.9 Å². The Labute approximate surface area is 156 Å². The highest BCUT2D eigenvalue weighted by atomic mass is 16.5. The number of hydrogen-bond donors (Lipinski definition) is 0. The fourth-order valence-corrected chi connectivity index (χ4v) is 4.16. The molecule has 2 aliphatic heterocycles. The highest BCUT2D eigenvalue weighted by Crippen LogP contribution is 2.35. The predicted molar refractivity (Wildman–Crippen MR) is 98.7 cm³/mol. The number of hydrogen-bond acceptors (Lipinski definition) is 5. The molecule has 7 heteroatoms. The summed E-state index contributed by atoms with van der Waals surface area (Å²) in [5.41, 5.74) is 1.23. The molecular weight excluding hydrogens is 332 g/mol. The van der Waals surface area contributed by atoms with Crippen LogP contribution >= 0.6 is 0 Å². The van der Waals surface area contributed by atoms with Crippen LogP contribution in [0.2, 0.25) is 0 Å². The Kier molecular flexibility index (Phi) is 6.67. The molecule has 0 saturated carbocycles. The number of ether oxygens (including phenoxy) is 2. The molecule has 3 rings (SSSR count). The molecule has 2 aliphatic rings. The molecule has 146 valence electrons. The summed E-state index contributed by atoms with van der Waals surface area (Å²) in [4.78, 5) is 16.7. The van der Waals surface area contributed by atoms with E-state index in [1.807, 2.05) is 29.9 Å². The highest BCUT2D eigenvalue weighted by molar-refractivity contribution is 5.77. The smallest absolute Gasteiger partial charge is 0.248 e. The summed E-state index contributed by atoms with van der Waals surface area (Å²) in [5.74, 6) is 0.910. The molecular formula is C19H32N4O3. The van der Waals surface area contributed by atoms with Gasteiger partial charge in [0.15, 0.2) is 0 Å². The second kappa shape index (κ2) is 8.97. The Balaban J connectivity index is 1.52. The number of nitrogens with zero attached hydrogens (tertiary/aromatic N) is 4. The van der Waals surface area contributed by atoms with E-state index in [1.54, 1.807) is 0 Å². The SMILES string of the molecule is CN(C[C@@H]1CCCN(C)[C@H]1c1cnn(C)c1)C(=O)COC[C@@H]1CCOC1. The molecule has 2 fully saturated rings. The van der Waals surface area contributed by atoms with Gasteiger partial charge in [-0.1, -0.05) is 0 Å². The van der Waals surface area contributed by atoms with Gasteiger partial charge in [-0.25, -0.2) is 0 Å². The molecule has 0 aliphatic carbocycles. The summed E-state index contributed by atoms with van der Waals surface area (Å²) in [6.45, 7) is 4.17. The molecule has 1 aromatic rings. The Morgan fingerprint density at radius 2 is 2.27 bits per heavy atom. The second-order valence-corrected chi connectivity index (χ2v) is 7.79. The molecule has 1 amide bonds. The average Bonchev–Trinajstić information content (AvgIpc) is 3.26. The summed E-state index contributed by atoms with van der Waals surface area (Å²) >= 11 is 0. The van der Waals surface area contributed by atoms with E-state index in [9.17, 15) is 4.79 Å². The minimum atomic E-state index is 0.0575. The summed E-state index contributed by atoms with van der Waals surface area (Å²) in [7, 11) is 6.00. The number of amides is 1. The van der Waals surface area contributed by atoms with E-state index >= 15 is 0 Å². The maximum atomic E-state index is 12.5. The molecule has 0 unspecified atom stereocenters. The monoisotopic (exact) mass is 364 g/mol. The second-order valence-electron chi connectivity index (χ2n) is 7.79. The first-order valence-corrected chi connectivity index (χ1v) is 9.63. The van der Waals surface area contributed by atoms with Crippen LogP contribution in [0.25, 0.3) is 0 Å². The van der Waals surface area contributed by atoms with Crippen molar-refractivity contribution in [3.63, 3.8) is 0 Å². The van der Waals surface area contributed by atoms with Crippen LogP contribution in [0.3, 0.4) is 0 Å². The first-order valence-electron chi connectivity index (χ1n) is 9.63. The Hall–Kier alpha value is -1.44. The van der Waals surface area contributed by atoms with Crippen molar-refractivity contribution >= 4 is 5.91 Å². The van der Waals surface area contributed by atoms with Gasteiger partial charge in [0.25, 0.3) is 0 Å². The normalized spacial score (nSPS) is 27.0. The van der Waals surface area contributed by atoms with Gasteiger partial charge >= 0.3 is 0 Å². The number of rotatable bonds is 7. The lowest BCUT2D eigenvalue weighted by atomic mass is 9.86. The van der Waals surface area contributed by atoms with Crippen molar-refractivity contribution in [1.29, 1.82) is 0 Å². The minimum Gasteiger partial charge on any atom is -0.381 e. The number of likely N-dealkylation sites (tertiary alicyclic amines) is 1. The number of aromatic nitrogens is 2. The fraction of sp³-hybridized carbons (Fsp3) is 0.789. The van der Waals surface area contributed by atoms with E-state index in [0.29, 0.717) is 24.5 Å². The van der Waals surface area contributed by atoms with Gasteiger partial charge < -0.3 is 14.4 Å². The molecule has 26 heavy (non-hydrogen) atoms. The van der Waals surface area contributed by atoms with Gasteiger partial charge in [-0.3, -0.25) is 14.4 Å². The topological polar surface area (TPSA) is 59.8 Å². The first kappa shape index (κ1) is 19.3. The van der Waals surface area contributed by atoms with Crippen LogP contribution in [-0.2, 0) is 21.3 Å². The summed E-state index contributed by atoms with van der Waals surface area (Å²) in [6, 6.07) is 0.309. The van der Waals surface area contributed by atoms with Crippen molar-refractivity contribution in [3.8, 4) is 0 Å². The summed E-state index contributed by atoms with van der Waals surface area (Å²) < 4.78 is 12.8. The quantitative estimate of drug-likeness (QED) is 0.730. The molecule has 1 aromatic heterocycles. The number of likely N-dealkylation sites (N-methyl/N-ethyl adjacent to an activating group) is 1. The fourth-order valence-electron chi connectivity index (χ4n) is 4.16. The Morgan fingerprint density at radius 3 is 2.96 bits per heavy atom. The van der Waals surface area contributed by atoms with E-state index in [0.717, 1.165) is 45.6 Å². The van der Waals surface area contributed by atoms with E-state index in [1.165, 1.54) is 5.56 Å². The van der Waals surface area contributed by atoms with E-state index in [4.69, 9.17) is 9.47 Å². The first-order chi connectivity index (χ1) is 12.5. The Morgan fingerprint density at radius 1 is 1.42 bits per heavy atom. The zero-order valence-corrected chi connectivity index (χ0v) is 16.3. The summed E-state index contributed by atoms with van der Waals surface area (Å²) in [5, 5.41) is 4.33. The third-order valence-corrected chi connectivity index (χ3v) is 5.61. The zero-order valence-electron chi connectivity index (χ0n) is 16.3. The summed E-state index contributed by atoms with van der Waals surface area (Å²) in [6.07, 6.45) is 7.37. The number of carbonyl (C=O) groups is 1. The van der Waals surface area contributed by atoms with Gasteiger partial charge in [-0.15, -0.1) is 0 Å². The molecule has 2 saturated heterocycles. The molecule has 0 spiro atoms. The van der Waals surface area contributed by atoms with E-state index in [2.05, 4.69) is 23.2 Å². The molecule has 0 bridgehead atoms. The lowest BCUT2D eigenvalue weighted by Gasteiger charge is -2.40. The molecule has 0 N–H and O–H groups in total. The van der Waals surface area contributed by atoms with Crippen LogP contribution in [0.15, 0.2) is 12.4 Å². The van der Waals surface area contributed by atoms with Gasteiger partial charge in [0.05, 0.1) is 19.4 Å². The van der Waals surface area contributed by atoms with Crippen molar-refractivity contribution < 1.29 is 14.3 Å². The third kappa shape index (κ3) is 4.84. The van der Waals surface area contributed by atoms with Gasteiger partial charge in [-0.05, 0) is 38.8 Å². The van der Waals surface area contributed by atoms with Crippen LogP contribution in [0.5, 0.6) is 0 Å². The van der Waals surface area contributed by atoms with Gasteiger partial charge in [0, 0.05) is 51.0 Å². The lowest BCUT2D eigenvalue weighted by Crippen LogP contribution is -2.43. The number of piperidine rings is 1. The van der Waals surface area contributed by atoms with Crippen molar-refractivity contribution in [1.82, 2.24) is 19.6 Å². The van der Waals surface area contributed by atoms with Gasteiger partial charge in [0.2, 0.25) is 5.91 Å². The van der Waals surface area contributed by atoms with E-state index in [-0.39, 0.29) is 12.5 Å². The Bertz CT molecular complexity index is 585. The zero-order chi connectivity index (χ0) is 18.5. The maximum absolute atomic E-state index is 12.5. The molecule has 0 radical (unpaired) electrons. The molecule has 3 atom stereocenters. The molecule has 7 nitrogen and oxygen atoms in total. The van der Waals surface area contributed by atoms with Crippen LogP contribution < -0.4 is 0 Å². The van der Waals surface area contributed by atoms with Crippen molar-refractivity contribution in [2.75, 3.05) is 53.6 Å². The maximum Gasteiger partial charge on any atom is 0.248 e. The van der Waals surface area contributed by atoms with Crippen molar-refractivity contribution in [2.24, 2.45) is 18.9 Å². The largest absolute Gasteiger partial charge is 0.381 e. The number of aryl methyl sites for hydroxylation is 1. The van der Waals surface area contributed by atoms with Crippen molar-refractivity contribution in [3.05, 3.63) is 18.0 Å². The standard InChI is InChI=1S/C19H32N4O3/c1-21-7-4-5-16(19(21)17-9-20-23(3)11-17)10-22(2)18(24)14-26-13-15-6-8-25-12-15/h9,11,15-16,19H,4-8,10,12-14H2,1-3H3/t15-,16+,19-/m1/s1. The van der Waals surface area contributed by atoms with E-state index < -0.39 is 0 Å². The molecule has 0 aromatic carbocycles. The molecule has 3 heterocycles. The van der Waals surface area contributed by atoms with Crippen LogP contribution in [0.4, 0.5) is 0 Å². The number of carbonyl (C=O) groups excluding carboxylic acids is 1. The van der Waals surface area contributed by atoms with Gasteiger partial charge in [-0.2, -0.15) is 5.10 Å². The third-order valence-electron chi connectivity index (χ3n) is 5.61. The average molecular weight is 364 g/mol.